The van der Waals surface area contributed by atoms with Gasteiger partial charge in [-0.3, -0.25) is 9.36 Å². The van der Waals surface area contributed by atoms with Crippen molar-refractivity contribution in [1.29, 1.82) is 0 Å². The second-order valence-corrected chi connectivity index (χ2v) is 5.67. The molecular formula is C19H14FN5O. The molecule has 0 saturated carbocycles. The van der Waals surface area contributed by atoms with Crippen molar-refractivity contribution >= 4 is 17.2 Å². The lowest BCUT2D eigenvalue weighted by atomic mass is 10.2. The number of rotatable bonds is 4. The van der Waals surface area contributed by atoms with Crippen LogP contribution < -0.4 is 5.56 Å². The Morgan fingerprint density at radius 1 is 1.08 bits per heavy atom. The summed E-state index contributed by atoms with van der Waals surface area (Å²) in [5, 5.41) is 7.86. The Bertz CT molecular complexity index is 1150. The van der Waals surface area contributed by atoms with Gasteiger partial charge in [0.2, 0.25) is 0 Å². The fraction of sp³-hybridized carbons (Fsp3) is 0.0526. The highest BCUT2D eigenvalue weighted by molar-refractivity contribution is 5.70. The number of hydrogen-bond donors (Lipinski definition) is 0. The molecule has 0 aliphatic heterocycles. The number of benzene rings is 2. The van der Waals surface area contributed by atoms with Crippen LogP contribution in [0.3, 0.4) is 0 Å². The van der Waals surface area contributed by atoms with Crippen LogP contribution in [0.25, 0.3) is 22.9 Å². The molecule has 0 radical (unpaired) electrons. The average Bonchev–Trinajstić information content (AvgIpc) is 3.09. The fourth-order valence-corrected chi connectivity index (χ4v) is 2.62. The molecule has 2 aromatic carbocycles. The molecule has 7 heteroatoms. The summed E-state index contributed by atoms with van der Waals surface area (Å²) in [4.78, 5) is 16.9. The van der Waals surface area contributed by atoms with Crippen molar-refractivity contribution in [3.63, 3.8) is 0 Å². The lowest BCUT2D eigenvalue weighted by molar-refractivity contribution is 0.625. The van der Waals surface area contributed by atoms with Gasteiger partial charge in [0.05, 0.1) is 5.69 Å². The molecule has 0 N–H and O–H groups in total. The Hall–Kier alpha value is -3.61. The molecule has 0 amide bonds. The number of fused-ring (bicyclic) bond motifs is 1. The van der Waals surface area contributed by atoms with Crippen molar-refractivity contribution in [3.8, 4) is 5.69 Å². The topological polar surface area (TPSA) is 65.6 Å². The van der Waals surface area contributed by atoms with E-state index in [0.29, 0.717) is 17.9 Å². The van der Waals surface area contributed by atoms with Gasteiger partial charge in [-0.25, -0.2) is 9.37 Å². The first kappa shape index (κ1) is 15.9. The van der Waals surface area contributed by atoms with Gasteiger partial charge in [0.25, 0.3) is 5.56 Å². The fourth-order valence-electron chi connectivity index (χ4n) is 2.62. The Kier molecular flexibility index (Phi) is 4.10. The van der Waals surface area contributed by atoms with Crippen molar-refractivity contribution in [1.82, 2.24) is 24.5 Å². The van der Waals surface area contributed by atoms with Gasteiger partial charge in [0.1, 0.15) is 12.1 Å². The highest BCUT2D eigenvalue weighted by atomic mass is 19.1. The molecule has 0 aliphatic rings. The van der Waals surface area contributed by atoms with E-state index in [-0.39, 0.29) is 11.1 Å². The van der Waals surface area contributed by atoms with Crippen molar-refractivity contribution in [2.24, 2.45) is 0 Å². The molecule has 128 valence electrons. The van der Waals surface area contributed by atoms with Gasteiger partial charge >= 0.3 is 0 Å². The van der Waals surface area contributed by atoms with Crippen LogP contribution in [-0.2, 0) is 6.54 Å². The number of hydrogen-bond acceptors (Lipinski definition) is 4. The van der Waals surface area contributed by atoms with Crippen molar-refractivity contribution < 1.29 is 4.39 Å². The van der Waals surface area contributed by atoms with Crippen LogP contribution in [0, 0.1) is 5.82 Å². The van der Waals surface area contributed by atoms with Crippen molar-refractivity contribution in [2.45, 2.75) is 6.54 Å². The number of halogens is 1. The Balaban J connectivity index is 1.66. The Morgan fingerprint density at radius 2 is 1.92 bits per heavy atom. The number of allylic oxidation sites excluding steroid dienone is 1. The van der Waals surface area contributed by atoms with E-state index in [1.165, 1.54) is 27.7 Å². The first-order valence-electron chi connectivity index (χ1n) is 8.01. The quantitative estimate of drug-likeness (QED) is 0.569. The van der Waals surface area contributed by atoms with Gasteiger partial charge < -0.3 is 0 Å². The van der Waals surface area contributed by atoms with Gasteiger partial charge in [-0.15, -0.1) is 5.10 Å². The van der Waals surface area contributed by atoms with Crippen molar-refractivity contribution in [2.75, 3.05) is 0 Å². The Morgan fingerprint density at radius 3 is 2.73 bits per heavy atom. The van der Waals surface area contributed by atoms with Crippen LogP contribution in [0.15, 0.2) is 71.8 Å². The molecule has 0 bridgehead atoms. The minimum Gasteiger partial charge on any atom is -0.293 e. The maximum atomic E-state index is 13.4. The third-order valence-corrected chi connectivity index (χ3v) is 3.89. The van der Waals surface area contributed by atoms with E-state index in [0.717, 1.165) is 5.56 Å². The molecule has 0 saturated heterocycles. The minimum absolute atomic E-state index is 0.143. The number of aromatic nitrogens is 5. The summed E-state index contributed by atoms with van der Waals surface area (Å²) in [6, 6.07) is 15.7. The van der Waals surface area contributed by atoms with E-state index >= 15 is 0 Å². The van der Waals surface area contributed by atoms with Gasteiger partial charge in [-0.05, 0) is 23.8 Å². The molecule has 0 spiro atoms. The second kappa shape index (κ2) is 6.72. The van der Waals surface area contributed by atoms with Crippen LogP contribution >= 0.6 is 0 Å². The summed E-state index contributed by atoms with van der Waals surface area (Å²) >= 11 is 0. The highest BCUT2D eigenvalue weighted by Gasteiger charge is 2.13. The zero-order chi connectivity index (χ0) is 17.9. The van der Waals surface area contributed by atoms with Gasteiger partial charge in [-0.2, -0.15) is 4.68 Å². The van der Waals surface area contributed by atoms with Crippen LogP contribution in [0.5, 0.6) is 0 Å². The maximum absolute atomic E-state index is 13.4. The van der Waals surface area contributed by atoms with Crippen molar-refractivity contribution in [3.05, 3.63) is 88.7 Å². The summed E-state index contributed by atoms with van der Waals surface area (Å²) in [6.07, 6.45) is 5.25. The monoisotopic (exact) mass is 347 g/mol. The molecular weight excluding hydrogens is 333 g/mol. The van der Waals surface area contributed by atoms with Crippen LogP contribution in [-0.4, -0.2) is 24.5 Å². The Labute approximate surface area is 147 Å². The van der Waals surface area contributed by atoms with Crippen LogP contribution in [0.2, 0.25) is 0 Å². The first-order valence-corrected chi connectivity index (χ1v) is 8.01. The van der Waals surface area contributed by atoms with E-state index in [4.69, 9.17) is 0 Å². The van der Waals surface area contributed by atoms with Gasteiger partial charge in [-0.1, -0.05) is 53.8 Å². The predicted octanol–water partition coefficient (Wildman–Crippen LogP) is 2.83. The van der Waals surface area contributed by atoms with Gasteiger partial charge in [0, 0.05) is 6.54 Å². The molecule has 0 fully saturated rings. The summed E-state index contributed by atoms with van der Waals surface area (Å²) in [7, 11) is 0. The highest BCUT2D eigenvalue weighted by Crippen LogP contribution is 2.13. The summed E-state index contributed by atoms with van der Waals surface area (Å²) in [6.45, 7) is 0.365. The standard InChI is InChI=1S/C19H14FN5O/c20-15-9-4-10-16(12-15)25-18-17(22-23-25)19(26)24(13-21-18)11-5-8-14-6-2-1-3-7-14/h1-10,12-13H,11H2. The predicted molar refractivity (Wildman–Crippen MR) is 96.4 cm³/mol. The smallest absolute Gasteiger partial charge is 0.283 e. The van der Waals surface area contributed by atoms with E-state index in [9.17, 15) is 9.18 Å². The zero-order valence-electron chi connectivity index (χ0n) is 13.7. The van der Waals surface area contributed by atoms with Crippen LogP contribution in [0.1, 0.15) is 5.56 Å². The molecule has 6 nitrogen and oxygen atoms in total. The lowest BCUT2D eigenvalue weighted by Crippen LogP contribution is -2.20. The summed E-state index contributed by atoms with van der Waals surface area (Å²) in [5.74, 6) is -0.398. The molecule has 0 unspecified atom stereocenters. The molecule has 0 atom stereocenters. The largest absolute Gasteiger partial charge is 0.293 e. The van der Waals surface area contributed by atoms with E-state index in [1.807, 2.05) is 42.5 Å². The molecule has 2 heterocycles. The lowest BCUT2D eigenvalue weighted by Gasteiger charge is -2.03. The molecule has 2 aromatic heterocycles. The zero-order valence-corrected chi connectivity index (χ0v) is 13.7. The SMILES string of the molecule is O=c1c2nnn(-c3cccc(F)c3)c2ncn1CC=Cc1ccccc1. The van der Waals surface area contributed by atoms with Crippen LogP contribution in [0.4, 0.5) is 4.39 Å². The normalized spacial score (nSPS) is 11.4. The minimum atomic E-state index is -0.398. The summed E-state index contributed by atoms with van der Waals surface area (Å²) < 4.78 is 16.2. The van der Waals surface area contributed by atoms with E-state index in [2.05, 4.69) is 15.3 Å². The van der Waals surface area contributed by atoms with E-state index in [1.54, 1.807) is 12.1 Å². The molecule has 4 aromatic rings. The third-order valence-electron chi connectivity index (χ3n) is 3.89. The average molecular weight is 347 g/mol. The maximum Gasteiger partial charge on any atom is 0.283 e. The number of nitrogens with zero attached hydrogens (tertiary/aromatic N) is 5. The first-order chi connectivity index (χ1) is 12.7. The second-order valence-electron chi connectivity index (χ2n) is 5.67. The molecule has 4 rings (SSSR count). The molecule has 0 aliphatic carbocycles. The van der Waals surface area contributed by atoms with E-state index < -0.39 is 5.82 Å². The molecule has 26 heavy (non-hydrogen) atoms. The third kappa shape index (κ3) is 3.02. The van der Waals surface area contributed by atoms with Gasteiger partial charge in [0.15, 0.2) is 11.2 Å². The summed E-state index contributed by atoms with van der Waals surface area (Å²) in [5.41, 5.74) is 1.65.